The van der Waals surface area contributed by atoms with Gasteiger partial charge < -0.3 is 25.2 Å². The van der Waals surface area contributed by atoms with Gasteiger partial charge in [-0.2, -0.15) is 0 Å². The highest BCUT2D eigenvalue weighted by molar-refractivity contribution is 14.0. The minimum atomic E-state index is 0. The van der Waals surface area contributed by atoms with Crippen molar-refractivity contribution >= 4 is 29.9 Å². The largest absolute Gasteiger partial charge is 0.504 e. The predicted octanol–water partition coefficient (Wildman–Crippen LogP) is 3.33. The molecule has 27 heavy (non-hydrogen) atoms. The number of halogens is 1. The van der Waals surface area contributed by atoms with Crippen LogP contribution in [0.5, 0.6) is 17.2 Å². The fourth-order valence-electron chi connectivity index (χ4n) is 2.59. The summed E-state index contributed by atoms with van der Waals surface area (Å²) in [4.78, 5) is 4.54. The Morgan fingerprint density at radius 2 is 1.63 bits per heavy atom. The first-order valence-corrected chi connectivity index (χ1v) is 8.68. The van der Waals surface area contributed by atoms with Crippen molar-refractivity contribution in [1.29, 1.82) is 0 Å². The van der Waals surface area contributed by atoms with Gasteiger partial charge in [-0.05, 0) is 31.0 Å². The minimum absolute atomic E-state index is 0. The molecule has 0 amide bonds. The Balaban J connectivity index is 0.00000364. The molecule has 2 rings (SSSR count). The normalized spacial score (nSPS) is 10.7. The maximum absolute atomic E-state index is 10.2. The fraction of sp³-hybridized carbons (Fsp3) is 0.350. The lowest BCUT2D eigenvalue weighted by atomic mass is 10.1. The lowest BCUT2D eigenvalue weighted by Crippen LogP contribution is -2.38. The molecule has 0 heterocycles. The molecule has 0 atom stereocenters. The van der Waals surface area contributed by atoms with Crippen molar-refractivity contribution in [3.8, 4) is 17.2 Å². The number of para-hydroxylation sites is 2. The van der Waals surface area contributed by atoms with Gasteiger partial charge in [0.25, 0.3) is 0 Å². The number of aliphatic imine (C=N–C) groups is 1. The number of aromatic hydroxyl groups is 1. The van der Waals surface area contributed by atoms with Crippen LogP contribution in [0.2, 0.25) is 0 Å². The number of nitrogens with one attached hydrogen (secondary N) is 2. The molecule has 0 aliphatic carbocycles. The molecule has 0 radical (unpaired) electrons. The molecule has 7 heteroatoms. The van der Waals surface area contributed by atoms with Crippen LogP contribution in [0, 0.1) is 0 Å². The summed E-state index contributed by atoms with van der Waals surface area (Å²) in [6, 6.07) is 13.4. The Hall–Kier alpha value is -2.16. The number of nitrogens with zero attached hydrogens (tertiary/aromatic N) is 1. The number of ether oxygens (including phenoxy) is 2. The second-order valence-electron chi connectivity index (χ2n) is 5.65. The molecule has 0 unspecified atom stereocenters. The first kappa shape index (κ1) is 22.9. The molecule has 0 saturated carbocycles. The van der Waals surface area contributed by atoms with E-state index in [-0.39, 0.29) is 29.7 Å². The molecular formula is C20H28IN3O3. The van der Waals surface area contributed by atoms with E-state index < -0.39 is 0 Å². The standard InChI is InChI=1S/C20H27N3O3.HI/c1-4-21-20(22-13-12-15-8-5-6-10-17(15)25-2)23-14-16-9-7-11-18(26-3)19(16)24;/h5-11,24H,4,12-14H2,1-3H3,(H2,21,22,23);1H. The molecule has 0 aromatic heterocycles. The molecule has 2 aromatic carbocycles. The minimum Gasteiger partial charge on any atom is -0.504 e. The molecule has 148 valence electrons. The Bertz CT molecular complexity index is 738. The third-order valence-corrected chi connectivity index (χ3v) is 3.93. The summed E-state index contributed by atoms with van der Waals surface area (Å²) in [5.74, 6) is 2.16. The maximum Gasteiger partial charge on any atom is 0.191 e. The van der Waals surface area contributed by atoms with E-state index in [0.717, 1.165) is 30.8 Å². The summed E-state index contributed by atoms with van der Waals surface area (Å²) in [5, 5.41) is 16.7. The molecule has 0 spiro atoms. The van der Waals surface area contributed by atoms with Crippen molar-refractivity contribution in [1.82, 2.24) is 10.6 Å². The van der Waals surface area contributed by atoms with Crippen LogP contribution in [0.15, 0.2) is 47.5 Å². The highest BCUT2D eigenvalue weighted by atomic mass is 127. The lowest BCUT2D eigenvalue weighted by molar-refractivity contribution is 0.370. The number of hydrogen-bond donors (Lipinski definition) is 3. The van der Waals surface area contributed by atoms with Gasteiger partial charge in [0.05, 0.1) is 20.8 Å². The predicted molar refractivity (Wildman–Crippen MR) is 120 cm³/mol. The fourth-order valence-corrected chi connectivity index (χ4v) is 2.59. The molecule has 0 aliphatic heterocycles. The molecule has 2 aromatic rings. The second-order valence-corrected chi connectivity index (χ2v) is 5.65. The van der Waals surface area contributed by atoms with Crippen LogP contribution in [0.1, 0.15) is 18.1 Å². The molecular weight excluding hydrogens is 457 g/mol. The summed E-state index contributed by atoms with van der Waals surface area (Å²) in [5.41, 5.74) is 1.86. The zero-order chi connectivity index (χ0) is 18.8. The molecule has 0 bridgehead atoms. The van der Waals surface area contributed by atoms with Gasteiger partial charge in [0.1, 0.15) is 5.75 Å². The van der Waals surface area contributed by atoms with Crippen molar-refractivity contribution < 1.29 is 14.6 Å². The second kappa shape index (κ2) is 12.3. The molecule has 0 aliphatic rings. The van der Waals surface area contributed by atoms with Gasteiger partial charge in [0.15, 0.2) is 17.5 Å². The number of phenols is 1. The van der Waals surface area contributed by atoms with Crippen LogP contribution in [-0.2, 0) is 13.0 Å². The summed E-state index contributed by atoms with van der Waals surface area (Å²) >= 11 is 0. The van der Waals surface area contributed by atoms with Crippen LogP contribution in [0.4, 0.5) is 0 Å². The SMILES string of the molecule is CCNC(=NCc1cccc(OC)c1O)NCCc1ccccc1OC.I. The van der Waals surface area contributed by atoms with Gasteiger partial charge in [-0.1, -0.05) is 30.3 Å². The van der Waals surface area contributed by atoms with Crippen molar-refractivity contribution in [3.05, 3.63) is 53.6 Å². The van der Waals surface area contributed by atoms with Crippen molar-refractivity contribution in [2.75, 3.05) is 27.3 Å². The van der Waals surface area contributed by atoms with Gasteiger partial charge >= 0.3 is 0 Å². The highest BCUT2D eigenvalue weighted by Crippen LogP contribution is 2.29. The number of methoxy groups -OCH3 is 2. The number of benzene rings is 2. The van der Waals surface area contributed by atoms with Gasteiger partial charge in [0.2, 0.25) is 0 Å². The van der Waals surface area contributed by atoms with Crippen LogP contribution in [0.3, 0.4) is 0 Å². The van der Waals surface area contributed by atoms with E-state index in [0.29, 0.717) is 23.8 Å². The summed E-state index contributed by atoms with van der Waals surface area (Å²) < 4.78 is 10.5. The van der Waals surface area contributed by atoms with E-state index in [1.165, 1.54) is 7.11 Å². The Morgan fingerprint density at radius 1 is 0.963 bits per heavy atom. The average Bonchev–Trinajstić information content (AvgIpc) is 2.67. The van der Waals surface area contributed by atoms with E-state index in [1.54, 1.807) is 13.2 Å². The first-order chi connectivity index (χ1) is 12.7. The van der Waals surface area contributed by atoms with E-state index in [4.69, 9.17) is 9.47 Å². The molecule has 3 N–H and O–H groups in total. The van der Waals surface area contributed by atoms with Gasteiger partial charge in [-0.15, -0.1) is 24.0 Å². The Labute approximate surface area is 178 Å². The quantitative estimate of drug-likeness (QED) is 0.304. The number of phenolic OH excluding ortho intramolecular Hbond substituents is 1. The van der Waals surface area contributed by atoms with Crippen LogP contribution >= 0.6 is 24.0 Å². The van der Waals surface area contributed by atoms with Crippen molar-refractivity contribution in [3.63, 3.8) is 0 Å². The van der Waals surface area contributed by atoms with Crippen LogP contribution in [-0.4, -0.2) is 38.4 Å². The van der Waals surface area contributed by atoms with E-state index >= 15 is 0 Å². The van der Waals surface area contributed by atoms with Gasteiger partial charge in [-0.3, -0.25) is 0 Å². The molecule has 0 fully saturated rings. The van der Waals surface area contributed by atoms with Gasteiger partial charge in [-0.25, -0.2) is 4.99 Å². The third-order valence-electron chi connectivity index (χ3n) is 3.93. The highest BCUT2D eigenvalue weighted by Gasteiger charge is 2.07. The first-order valence-electron chi connectivity index (χ1n) is 8.68. The van der Waals surface area contributed by atoms with Crippen LogP contribution in [0.25, 0.3) is 0 Å². The number of guanidine groups is 1. The van der Waals surface area contributed by atoms with Crippen molar-refractivity contribution in [2.45, 2.75) is 19.9 Å². The monoisotopic (exact) mass is 485 g/mol. The van der Waals surface area contributed by atoms with Crippen molar-refractivity contribution in [2.24, 2.45) is 4.99 Å². The van der Waals surface area contributed by atoms with Gasteiger partial charge in [0, 0.05) is 18.7 Å². The molecule has 6 nitrogen and oxygen atoms in total. The topological polar surface area (TPSA) is 75.1 Å². The zero-order valence-electron chi connectivity index (χ0n) is 16.0. The van der Waals surface area contributed by atoms with E-state index in [9.17, 15) is 5.11 Å². The smallest absolute Gasteiger partial charge is 0.191 e. The third kappa shape index (κ3) is 6.82. The summed E-state index contributed by atoms with van der Waals surface area (Å²) in [7, 11) is 3.21. The Morgan fingerprint density at radius 3 is 2.33 bits per heavy atom. The zero-order valence-corrected chi connectivity index (χ0v) is 18.3. The summed E-state index contributed by atoms with van der Waals surface area (Å²) in [6.45, 7) is 3.84. The lowest BCUT2D eigenvalue weighted by Gasteiger charge is -2.13. The number of rotatable bonds is 8. The maximum atomic E-state index is 10.2. The van der Waals surface area contributed by atoms with Crippen LogP contribution < -0.4 is 20.1 Å². The number of hydrogen-bond acceptors (Lipinski definition) is 4. The molecule has 0 saturated heterocycles. The van der Waals surface area contributed by atoms with E-state index in [2.05, 4.69) is 21.7 Å². The summed E-state index contributed by atoms with van der Waals surface area (Å²) in [6.07, 6.45) is 0.818. The average molecular weight is 485 g/mol. The van der Waals surface area contributed by atoms with E-state index in [1.807, 2.05) is 37.3 Å². The Kier molecular flexibility index (Phi) is 10.4.